The minimum atomic E-state index is -10.7. The van der Waals surface area contributed by atoms with Crippen molar-refractivity contribution in [3.63, 3.8) is 0 Å². The van der Waals surface area contributed by atoms with Crippen molar-refractivity contribution in [3.05, 3.63) is 34.9 Å². The molecule has 0 aliphatic heterocycles. The predicted octanol–water partition coefficient (Wildman–Crippen LogP) is 5.30. The Bertz CT molecular complexity index is 514. The number of Topliss-reactive ketones (excluding diaryl/α,β-unsaturated/α-hetero) is 1. The summed E-state index contributed by atoms with van der Waals surface area (Å²) in [4.78, 5) is 11.4. The summed E-state index contributed by atoms with van der Waals surface area (Å²) in [5.41, 5.74) is 2.73. The Morgan fingerprint density at radius 2 is 1.55 bits per heavy atom. The fraction of sp³-hybridized carbons (Fsp3) is 0.300. The third-order valence-electron chi connectivity index (χ3n) is 2.10. The van der Waals surface area contributed by atoms with Crippen LogP contribution in [0, 0.1) is 13.8 Å². The van der Waals surface area contributed by atoms with Gasteiger partial charge in [-0.05, 0) is 25.0 Å². The monoisotopic (exact) mass is 340 g/mol. The summed E-state index contributed by atoms with van der Waals surface area (Å²) in [5.74, 6) is -0.0641. The van der Waals surface area contributed by atoms with Crippen LogP contribution in [0.2, 0.25) is 0 Å². The van der Waals surface area contributed by atoms with E-state index in [9.17, 15) is 34.2 Å². The van der Waals surface area contributed by atoms with E-state index in [2.05, 4.69) is 0 Å². The van der Waals surface area contributed by atoms with Crippen molar-refractivity contribution in [2.75, 3.05) is 5.75 Å². The molecule has 1 aromatic carbocycles. The number of rotatable bonds is 3. The van der Waals surface area contributed by atoms with Gasteiger partial charge in [-0.2, -0.15) is 0 Å². The van der Waals surface area contributed by atoms with Crippen molar-refractivity contribution >= 4 is 25.3 Å². The molecule has 0 unspecified atom stereocenters. The van der Waals surface area contributed by atoms with E-state index >= 15 is 0 Å². The molecule has 0 atom stereocenters. The Balaban J connectivity index is 0.000000441. The fourth-order valence-corrected chi connectivity index (χ4v) is 1.45. The van der Waals surface area contributed by atoms with E-state index < -0.39 is 7.81 Å². The molecule has 0 aromatic heterocycles. The molecule has 0 saturated heterocycles. The van der Waals surface area contributed by atoms with E-state index in [4.69, 9.17) is 0 Å². The van der Waals surface area contributed by atoms with Gasteiger partial charge < -0.3 is 0 Å². The molecular weight excluding hydrogens is 329 g/mol. The van der Waals surface area contributed by atoms with Crippen LogP contribution >= 0.6 is 7.81 Å². The van der Waals surface area contributed by atoms with Gasteiger partial charge in [0, 0.05) is 9.77 Å². The van der Waals surface area contributed by atoms with Crippen LogP contribution in [0.5, 0.6) is 0 Å². The third-order valence-corrected chi connectivity index (χ3v) is 2.48. The van der Waals surface area contributed by atoms with Crippen LogP contribution in [0.15, 0.2) is 18.2 Å². The number of hydrogen-bond donors (Lipinski definition) is 0. The first-order valence-corrected chi connectivity index (χ1v) is 7.96. The molecule has 0 saturated carbocycles. The van der Waals surface area contributed by atoms with Crippen LogP contribution in [0.3, 0.4) is 0 Å². The Kier molecular flexibility index (Phi) is 5.08. The van der Waals surface area contributed by atoms with Gasteiger partial charge in [-0.15, -0.1) is 0 Å². The summed E-state index contributed by atoms with van der Waals surface area (Å²) >= 11 is 0.320. The topological polar surface area (TPSA) is 34.1 Å². The van der Waals surface area contributed by atoms with Gasteiger partial charge in [0.15, 0.2) is 0 Å². The van der Waals surface area contributed by atoms with E-state index in [0.29, 0.717) is 17.2 Å². The second kappa shape index (κ2) is 5.37. The average molecular weight is 340 g/mol. The Labute approximate surface area is 114 Å². The van der Waals surface area contributed by atoms with E-state index in [-0.39, 0.29) is 11.5 Å². The Hall–Kier alpha value is -1.08. The van der Waals surface area contributed by atoms with E-state index in [0.717, 1.165) is 11.1 Å². The number of aryl methyl sites for hydroxylation is 1. The van der Waals surface area contributed by atoms with E-state index in [1.807, 2.05) is 26.0 Å². The van der Waals surface area contributed by atoms with Crippen molar-refractivity contribution in [2.45, 2.75) is 13.8 Å². The molecule has 0 bridgehead atoms. The average Bonchev–Trinajstić information content (AvgIpc) is 2.17. The van der Waals surface area contributed by atoms with Crippen molar-refractivity contribution in [1.82, 2.24) is 0 Å². The van der Waals surface area contributed by atoms with Gasteiger partial charge >= 0.3 is 44.7 Å². The Morgan fingerprint density at radius 3 is 1.95 bits per heavy atom. The van der Waals surface area contributed by atoms with Crippen molar-refractivity contribution < 1.29 is 34.2 Å². The second-order valence-corrected chi connectivity index (χ2v) is 6.33. The molecule has 0 aliphatic rings. The van der Waals surface area contributed by atoms with Gasteiger partial charge in [0.1, 0.15) is 0 Å². The maximum atomic E-state index is 11.4. The van der Waals surface area contributed by atoms with Crippen LogP contribution in [-0.4, -0.2) is 11.5 Å². The normalized spacial score (nSPS) is 14.4. The number of carbonyl (C=O) groups excluding carboxylic acids is 1. The van der Waals surface area contributed by atoms with Crippen molar-refractivity contribution in [2.24, 2.45) is 0 Å². The van der Waals surface area contributed by atoms with Crippen molar-refractivity contribution in [3.8, 4) is 0 Å². The summed E-state index contributed by atoms with van der Waals surface area (Å²) in [7, 11) is -10.7. The summed E-state index contributed by atoms with van der Waals surface area (Å²) in [6, 6.07) is 5.56. The molecule has 1 rings (SSSR count). The van der Waals surface area contributed by atoms with Crippen molar-refractivity contribution in [1.29, 1.82) is 0 Å². The molecule has 0 amide bonds. The molecule has 0 aliphatic carbocycles. The molecular formula is C10H11F6O2PS. The maximum absolute atomic E-state index is 11.4. The van der Waals surface area contributed by atoms with Crippen LogP contribution in [0.4, 0.5) is 25.2 Å². The molecule has 116 valence electrons. The first kappa shape index (κ1) is 18.9. The zero-order valence-electron chi connectivity index (χ0n) is 10.4. The summed E-state index contributed by atoms with van der Waals surface area (Å²) in [6.07, 6.45) is 0. The van der Waals surface area contributed by atoms with Crippen LogP contribution in [0.1, 0.15) is 21.5 Å². The number of carbonyl (C=O) groups is 1. The third kappa shape index (κ3) is 10.8. The molecule has 20 heavy (non-hydrogen) atoms. The quantitative estimate of drug-likeness (QED) is 0.324. The van der Waals surface area contributed by atoms with Gasteiger partial charge in [0.2, 0.25) is 5.78 Å². The molecule has 0 N–H and O–H groups in total. The van der Waals surface area contributed by atoms with Gasteiger partial charge in [-0.3, -0.25) is 4.79 Å². The molecule has 10 heteroatoms. The molecule has 0 heterocycles. The summed E-state index contributed by atoms with van der Waals surface area (Å²) < 4.78 is 69.4. The number of hydrogen-bond acceptors (Lipinski definition) is 2. The molecule has 2 nitrogen and oxygen atoms in total. The molecule has 0 spiro atoms. The minimum absolute atomic E-state index is 0.0181. The predicted molar refractivity (Wildman–Crippen MR) is 66.7 cm³/mol. The van der Waals surface area contributed by atoms with Crippen LogP contribution in [0.25, 0.3) is 0 Å². The van der Waals surface area contributed by atoms with Gasteiger partial charge in [-0.25, -0.2) is 0 Å². The molecule has 0 fully saturated rings. The summed E-state index contributed by atoms with van der Waals surface area (Å²) in [6.45, 7) is 3.86. The number of halogens is 6. The zero-order chi connectivity index (χ0) is 16.3. The molecule has 1 aromatic rings. The first-order chi connectivity index (χ1) is 8.61. The summed E-state index contributed by atoms with van der Waals surface area (Å²) in [5, 5.41) is 0. The van der Waals surface area contributed by atoms with Gasteiger partial charge in [0.25, 0.3) is 5.75 Å². The molecule has 0 radical (unpaired) electrons. The van der Waals surface area contributed by atoms with E-state index in [1.54, 1.807) is 6.07 Å². The first-order valence-electron chi connectivity index (χ1n) is 5.02. The second-order valence-electron chi connectivity index (χ2n) is 3.89. The van der Waals surface area contributed by atoms with E-state index in [1.165, 1.54) is 0 Å². The Morgan fingerprint density at radius 1 is 1.10 bits per heavy atom. The fourth-order valence-electron chi connectivity index (χ4n) is 1.18. The van der Waals surface area contributed by atoms with Crippen LogP contribution < -0.4 is 0 Å². The van der Waals surface area contributed by atoms with Gasteiger partial charge in [0.05, 0.1) is 0 Å². The SMILES string of the molecule is Cc1cccc(C(=O)C[S+]=O)c1C.F[P-](F)(F)(F)(F)F. The zero-order valence-corrected chi connectivity index (χ0v) is 12.1. The number of ketones is 1. The van der Waals surface area contributed by atoms with Gasteiger partial charge in [-0.1, -0.05) is 18.2 Å². The standard InChI is InChI=1S/C10H11O2S.F6P/c1-7-4-3-5-9(8(7)2)10(11)6-13-12;1-7(2,3,4,5)6/h3-5H,6H2,1-2H3;/q+1;-1. The van der Waals surface area contributed by atoms with Crippen LogP contribution in [-0.2, 0) is 15.9 Å². The number of benzene rings is 1.